The largest absolute Gasteiger partial charge is 0.480 e. The number of halogens is 1. The summed E-state index contributed by atoms with van der Waals surface area (Å²) < 4.78 is 6.94. The number of carbonyl (C=O) groups is 2. The number of rotatable bonds is 4. The Morgan fingerprint density at radius 2 is 2.18 bits per heavy atom. The first-order valence-corrected chi connectivity index (χ1v) is 10.4. The number of aryl methyl sites for hydroxylation is 1. The summed E-state index contributed by atoms with van der Waals surface area (Å²) >= 11 is 3.46. The summed E-state index contributed by atoms with van der Waals surface area (Å²) in [7, 11) is 1.79. The zero-order valence-corrected chi connectivity index (χ0v) is 18.1. The van der Waals surface area contributed by atoms with E-state index in [2.05, 4.69) is 15.9 Å². The number of benzene rings is 1. The Bertz CT molecular complexity index is 869. The van der Waals surface area contributed by atoms with Crippen molar-refractivity contribution in [3.63, 3.8) is 0 Å². The van der Waals surface area contributed by atoms with Crippen molar-refractivity contribution in [2.45, 2.75) is 45.6 Å². The van der Waals surface area contributed by atoms with Crippen LogP contribution < -0.4 is 4.74 Å². The average molecular weight is 445 g/mol. The Hall–Kier alpha value is -2.13. The summed E-state index contributed by atoms with van der Waals surface area (Å²) in [5.74, 6) is 0.777. The maximum atomic E-state index is 12.8. The summed E-state index contributed by atoms with van der Waals surface area (Å²) in [4.78, 5) is 26.7. The second-order valence-corrected chi connectivity index (χ2v) is 9.23. The maximum Gasteiger partial charge on any atom is 0.263 e. The minimum Gasteiger partial charge on any atom is -0.480 e. The normalized spacial score (nSPS) is 23.1. The van der Waals surface area contributed by atoms with Crippen molar-refractivity contribution in [1.82, 2.24) is 4.90 Å². The monoisotopic (exact) mass is 444 g/mol. The quantitative estimate of drug-likeness (QED) is 0.701. The van der Waals surface area contributed by atoms with E-state index < -0.39 is 11.5 Å². The Balaban J connectivity index is 1.59. The van der Waals surface area contributed by atoms with Crippen LogP contribution in [0.15, 0.2) is 34.3 Å². The SMILES string of the molecule is CN(CCC1C=C(C#N)C(=O)C(C)(C)C1)C(=O)C1CCc2cc(Br)ccc2O1. The average Bonchev–Trinajstić information content (AvgIpc) is 2.67. The number of hydrogen-bond donors (Lipinski definition) is 0. The molecule has 0 fully saturated rings. The van der Waals surface area contributed by atoms with Crippen molar-refractivity contribution < 1.29 is 14.3 Å². The van der Waals surface area contributed by atoms with E-state index in [0.29, 0.717) is 19.4 Å². The number of fused-ring (bicyclic) bond motifs is 1. The highest BCUT2D eigenvalue weighted by Gasteiger charge is 2.37. The molecular formula is C22H25BrN2O3. The zero-order chi connectivity index (χ0) is 20.5. The first-order chi connectivity index (χ1) is 13.2. The predicted molar refractivity (Wildman–Crippen MR) is 110 cm³/mol. The number of nitriles is 1. The molecule has 0 radical (unpaired) electrons. The molecule has 1 aromatic rings. The summed E-state index contributed by atoms with van der Waals surface area (Å²) in [5.41, 5.74) is 0.829. The molecule has 0 saturated heterocycles. The molecule has 0 bridgehead atoms. The molecule has 0 aromatic heterocycles. The van der Waals surface area contributed by atoms with Gasteiger partial charge in [-0.05, 0) is 55.4 Å². The molecule has 1 aliphatic carbocycles. The third-order valence-electron chi connectivity index (χ3n) is 5.61. The van der Waals surface area contributed by atoms with Gasteiger partial charge < -0.3 is 9.64 Å². The van der Waals surface area contributed by atoms with Gasteiger partial charge in [-0.25, -0.2) is 0 Å². The van der Waals surface area contributed by atoms with Crippen LogP contribution in [-0.2, 0) is 16.0 Å². The lowest BCUT2D eigenvalue weighted by molar-refractivity contribution is -0.138. The van der Waals surface area contributed by atoms with Crippen molar-refractivity contribution in [1.29, 1.82) is 5.26 Å². The minimum atomic E-state index is -0.530. The summed E-state index contributed by atoms with van der Waals surface area (Å²) in [6.07, 6.45) is 4.20. The Labute approximate surface area is 174 Å². The highest BCUT2D eigenvalue weighted by Crippen LogP contribution is 2.36. The number of ether oxygens (including phenoxy) is 1. The standard InChI is InChI=1S/C22H25BrN2O3/c1-22(2)12-14(10-16(13-24)20(22)26)8-9-25(3)21(27)19-6-4-15-11-17(23)5-7-18(15)28-19/h5,7,10-11,14,19H,4,6,8-9,12H2,1-3H3. The molecule has 1 amide bonds. The molecule has 2 unspecified atom stereocenters. The van der Waals surface area contributed by atoms with E-state index >= 15 is 0 Å². The maximum absolute atomic E-state index is 12.8. The van der Waals surface area contributed by atoms with Gasteiger partial charge in [0.05, 0.1) is 5.57 Å². The first kappa shape index (κ1) is 20.6. The fourth-order valence-electron chi connectivity index (χ4n) is 4.00. The number of amides is 1. The lowest BCUT2D eigenvalue weighted by Gasteiger charge is -2.33. The van der Waals surface area contributed by atoms with Gasteiger partial charge in [0.2, 0.25) is 0 Å². The first-order valence-electron chi connectivity index (χ1n) is 9.58. The number of carbonyl (C=O) groups excluding carboxylic acids is 2. The van der Waals surface area contributed by atoms with Gasteiger partial charge in [0.1, 0.15) is 11.8 Å². The van der Waals surface area contributed by atoms with Crippen LogP contribution in [0.5, 0.6) is 5.75 Å². The Morgan fingerprint density at radius 1 is 1.43 bits per heavy atom. The lowest BCUT2D eigenvalue weighted by Crippen LogP contribution is -2.42. The molecule has 1 heterocycles. The summed E-state index contributed by atoms with van der Waals surface area (Å²) in [6, 6.07) is 7.87. The van der Waals surface area contributed by atoms with Gasteiger partial charge >= 0.3 is 0 Å². The highest BCUT2D eigenvalue weighted by atomic mass is 79.9. The van der Waals surface area contributed by atoms with Crippen LogP contribution in [0.3, 0.4) is 0 Å². The number of hydrogen-bond acceptors (Lipinski definition) is 4. The fourth-order valence-corrected chi connectivity index (χ4v) is 4.41. The van der Waals surface area contributed by atoms with E-state index in [1.807, 2.05) is 38.1 Å². The predicted octanol–water partition coefficient (Wildman–Crippen LogP) is 4.06. The van der Waals surface area contributed by atoms with Gasteiger partial charge in [0.25, 0.3) is 5.91 Å². The Morgan fingerprint density at radius 3 is 2.89 bits per heavy atom. The summed E-state index contributed by atoms with van der Waals surface area (Å²) in [5, 5.41) is 9.22. The van der Waals surface area contributed by atoms with Gasteiger partial charge in [-0.3, -0.25) is 9.59 Å². The molecule has 1 aromatic carbocycles. The van der Waals surface area contributed by atoms with Gasteiger partial charge in [-0.2, -0.15) is 5.26 Å². The molecule has 28 heavy (non-hydrogen) atoms. The third kappa shape index (κ3) is 4.30. The lowest BCUT2D eigenvalue weighted by atomic mass is 9.71. The van der Waals surface area contributed by atoms with E-state index in [4.69, 9.17) is 4.74 Å². The van der Waals surface area contributed by atoms with Gasteiger partial charge in [0, 0.05) is 23.5 Å². The highest BCUT2D eigenvalue weighted by molar-refractivity contribution is 9.10. The number of nitrogens with zero attached hydrogens (tertiary/aromatic N) is 2. The van der Waals surface area contributed by atoms with Crippen LogP contribution in [-0.4, -0.2) is 36.3 Å². The molecule has 3 rings (SSSR count). The van der Waals surface area contributed by atoms with Crippen LogP contribution in [0.1, 0.15) is 38.7 Å². The molecular weight excluding hydrogens is 420 g/mol. The molecule has 0 spiro atoms. The van der Waals surface area contributed by atoms with Crippen LogP contribution in [0.4, 0.5) is 0 Å². The van der Waals surface area contributed by atoms with Gasteiger partial charge in [-0.15, -0.1) is 0 Å². The zero-order valence-electron chi connectivity index (χ0n) is 16.5. The summed E-state index contributed by atoms with van der Waals surface area (Å²) in [6.45, 7) is 4.33. The van der Waals surface area contributed by atoms with Crippen molar-refractivity contribution in [3.05, 3.63) is 39.9 Å². The van der Waals surface area contributed by atoms with E-state index in [-0.39, 0.29) is 23.2 Å². The fraction of sp³-hybridized carbons (Fsp3) is 0.500. The number of Topliss-reactive ketones (excluding diaryl/α,β-unsaturated/α-hetero) is 1. The van der Waals surface area contributed by atoms with Crippen LogP contribution in [0, 0.1) is 22.7 Å². The molecule has 5 nitrogen and oxygen atoms in total. The van der Waals surface area contributed by atoms with Crippen molar-refractivity contribution in [2.75, 3.05) is 13.6 Å². The number of ketones is 1. The molecule has 0 N–H and O–H groups in total. The molecule has 6 heteroatoms. The topological polar surface area (TPSA) is 70.4 Å². The van der Waals surface area contributed by atoms with E-state index in [9.17, 15) is 14.9 Å². The molecule has 2 aliphatic rings. The van der Waals surface area contributed by atoms with Gasteiger partial charge in [-0.1, -0.05) is 35.9 Å². The van der Waals surface area contributed by atoms with Crippen LogP contribution in [0.2, 0.25) is 0 Å². The molecule has 2 atom stereocenters. The number of likely N-dealkylation sites (N-methyl/N-ethyl adjacent to an activating group) is 1. The second-order valence-electron chi connectivity index (χ2n) is 8.32. The van der Waals surface area contributed by atoms with Crippen LogP contribution in [0.25, 0.3) is 0 Å². The molecule has 1 aliphatic heterocycles. The van der Waals surface area contributed by atoms with Gasteiger partial charge in [0.15, 0.2) is 11.9 Å². The van der Waals surface area contributed by atoms with Crippen molar-refractivity contribution in [2.24, 2.45) is 11.3 Å². The van der Waals surface area contributed by atoms with Crippen LogP contribution >= 0.6 is 15.9 Å². The number of allylic oxidation sites excluding steroid dienone is 2. The second kappa shape index (κ2) is 8.08. The van der Waals surface area contributed by atoms with E-state index in [1.165, 1.54) is 0 Å². The van der Waals surface area contributed by atoms with Crippen molar-refractivity contribution in [3.8, 4) is 11.8 Å². The smallest absolute Gasteiger partial charge is 0.263 e. The third-order valence-corrected chi connectivity index (χ3v) is 6.10. The molecule has 148 valence electrons. The molecule has 0 saturated carbocycles. The van der Waals surface area contributed by atoms with E-state index in [1.54, 1.807) is 18.0 Å². The van der Waals surface area contributed by atoms with E-state index in [0.717, 1.165) is 28.6 Å². The Kier molecular flexibility index (Phi) is 5.95. The minimum absolute atomic E-state index is 0.0239. The van der Waals surface area contributed by atoms with Crippen molar-refractivity contribution >= 4 is 27.6 Å².